The molecule has 234 valence electrons. The van der Waals surface area contributed by atoms with Crippen LogP contribution in [0, 0.1) is 5.92 Å². The third kappa shape index (κ3) is 7.94. The number of aromatic nitrogens is 6. The second kappa shape index (κ2) is 15.5. The van der Waals surface area contributed by atoms with Gasteiger partial charge in [-0.25, -0.2) is 19.0 Å². The van der Waals surface area contributed by atoms with E-state index in [0.29, 0.717) is 80.1 Å². The lowest BCUT2D eigenvalue weighted by atomic mass is 9.99. The highest BCUT2D eigenvalue weighted by Gasteiger charge is 2.28. The van der Waals surface area contributed by atoms with E-state index in [4.69, 9.17) is 10.5 Å². The van der Waals surface area contributed by atoms with Crippen molar-refractivity contribution in [2.45, 2.75) is 51.6 Å². The van der Waals surface area contributed by atoms with Crippen LogP contribution in [0.15, 0.2) is 30.6 Å². The summed E-state index contributed by atoms with van der Waals surface area (Å²) in [4.78, 5) is 39.9. The summed E-state index contributed by atoms with van der Waals surface area (Å²) in [6, 6.07) is 3.73. The van der Waals surface area contributed by atoms with Crippen LogP contribution < -0.4 is 11.1 Å². The van der Waals surface area contributed by atoms with Gasteiger partial charge in [0, 0.05) is 42.9 Å². The standard InChI is InChI=1S/C28H39N9O5.ClH/c1-4-18(2)25(27(39)40)37-17-23(32-34-37)20-13-19(14-21(15-20)26(38)35-11-9-30-10-12-35)22-16-36(33-31-22)24(28(41)42-3)7-5-6-8-29;/h13-18,24-25,30H,4-12,29H2,1-3H3,(H,39,40);1H/t18-,24-,25?;/m0./s1. The molecule has 1 amide bonds. The summed E-state index contributed by atoms with van der Waals surface area (Å²) in [5.74, 6) is -1.74. The SMILES string of the molecule is CC[C@H](C)C(C(=O)O)n1cc(-c2cc(C(=O)N3CCNCC3)cc(-c3cn([C@@H](CCCCN)C(=O)OC)nn3)c2)nn1.Cl. The third-order valence-corrected chi connectivity index (χ3v) is 7.64. The smallest absolute Gasteiger partial charge is 0.330 e. The summed E-state index contributed by atoms with van der Waals surface area (Å²) in [6.45, 7) is 6.84. The van der Waals surface area contributed by atoms with Gasteiger partial charge in [-0.05, 0) is 49.9 Å². The molecule has 15 heteroatoms. The van der Waals surface area contributed by atoms with Crippen LogP contribution in [-0.4, -0.2) is 97.7 Å². The van der Waals surface area contributed by atoms with Gasteiger partial charge in [0.2, 0.25) is 0 Å². The fourth-order valence-electron chi connectivity index (χ4n) is 5.02. The van der Waals surface area contributed by atoms with Crippen LogP contribution in [0.25, 0.3) is 22.5 Å². The first-order valence-corrected chi connectivity index (χ1v) is 14.3. The number of hydrogen-bond donors (Lipinski definition) is 3. The monoisotopic (exact) mass is 617 g/mol. The van der Waals surface area contributed by atoms with E-state index in [1.807, 2.05) is 13.8 Å². The van der Waals surface area contributed by atoms with Crippen LogP contribution in [0.1, 0.15) is 62.0 Å². The average Bonchev–Trinajstić information content (AvgIpc) is 3.69. The Balaban J connectivity index is 0.00000506. The Morgan fingerprint density at radius 3 is 2.19 bits per heavy atom. The number of unbranched alkanes of at least 4 members (excludes halogenated alkanes) is 1. The Kier molecular flexibility index (Phi) is 12.2. The maximum atomic E-state index is 13.6. The number of carbonyl (C=O) groups excluding carboxylic acids is 2. The third-order valence-electron chi connectivity index (χ3n) is 7.64. The molecule has 1 unspecified atom stereocenters. The van der Waals surface area contributed by atoms with Gasteiger partial charge >= 0.3 is 11.9 Å². The van der Waals surface area contributed by atoms with E-state index in [0.717, 1.165) is 6.42 Å². The summed E-state index contributed by atoms with van der Waals surface area (Å²) in [5.41, 5.74) is 8.09. The number of piperazine rings is 1. The van der Waals surface area contributed by atoms with E-state index in [9.17, 15) is 19.5 Å². The Morgan fingerprint density at radius 2 is 1.63 bits per heavy atom. The summed E-state index contributed by atoms with van der Waals surface area (Å²) in [6.07, 6.45) is 5.86. The lowest BCUT2D eigenvalue weighted by Crippen LogP contribution is -2.46. The number of rotatable bonds is 13. The van der Waals surface area contributed by atoms with Crippen molar-refractivity contribution in [3.8, 4) is 22.5 Å². The minimum atomic E-state index is -0.993. The molecule has 1 aliphatic heterocycles. The van der Waals surface area contributed by atoms with Crippen LogP contribution >= 0.6 is 12.4 Å². The number of hydrogen-bond acceptors (Lipinski definition) is 10. The van der Waals surface area contributed by atoms with E-state index >= 15 is 0 Å². The number of nitrogens with zero attached hydrogens (tertiary/aromatic N) is 7. The summed E-state index contributed by atoms with van der Waals surface area (Å²) < 4.78 is 7.83. The Hall–Kier alpha value is -3.88. The molecule has 0 radical (unpaired) electrons. The molecule has 2 aromatic heterocycles. The zero-order valence-electron chi connectivity index (χ0n) is 24.7. The molecule has 3 heterocycles. The number of amides is 1. The highest BCUT2D eigenvalue weighted by Crippen LogP contribution is 2.29. The molecule has 4 N–H and O–H groups in total. The summed E-state index contributed by atoms with van der Waals surface area (Å²) in [7, 11) is 1.33. The van der Waals surface area contributed by atoms with Crippen molar-refractivity contribution in [3.63, 3.8) is 0 Å². The lowest BCUT2D eigenvalue weighted by Gasteiger charge is -2.27. The fraction of sp³-hybridized carbons (Fsp3) is 0.536. The summed E-state index contributed by atoms with van der Waals surface area (Å²) >= 11 is 0. The molecule has 4 rings (SSSR count). The van der Waals surface area contributed by atoms with Gasteiger partial charge in [-0.15, -0.1) is 22.6 Å². The second-order valence-electron chi connectivity index (χ2n) is 10.5. The first-order valence-electron chi connectivity index (χ1n) is 14.3. The van der Waals surface area contributed by atoms with Crippen molar-refractivity contribution in [2.24, 2.45) is 11.7 Å². The van der Waals surface area contributed by atoms with Gasteiger partial charge in [0.25, 0.3) is 5.91 Å². The highest BCUT2D eigenvalue weighted by atomic mass is 35.5. The van der Waals surface area contributed by atoms with Crippen molar-refractivity contribution in [3.05, 3.63) is 36.2 Å². The first-order chi connectivity index (χ1) is 20.3. The van der Waals surface area contributed by atoms with E-state index in [2.05, 4.69) is 25.9 Å². The largest absolute Gasteiger partial charge is 0.480 e. The van der Waals surface area contributed by atoms with Gasteiger partial charge in [-0.1, -0.05) is 30.7 Å². The molecule has 1 fully saturated rings. The van der Waals surface area contributed by atoms with Crippen molar-refractivity contribution < 1.29 is 24.2 Å². The van der Waals surface area contributed by atoms with Crippen molar-refractivity contribution in [2.75, 3.05) is 39.8 Å². The maximum absolute atomic E-state index is 13.6. The molecule has 1 aliphatic rings. The first kappa shape index (κ1) is 33.6. The molecule has 14 nitrogen and oxygen atoms in total. The van der Waals surface area contributed by atoms with Gasteiger partial charge in [-0.3, -0.25) is 4.79 Å². The van der Waals surface area contributed by atoms with Crippen LogP contribution in [0.4, 0.5) is 0 Å². The van der Waals surface area contributed by atoms with Gasteiger partial charge in [0.1, 0.15) is 11.4 Å². The van der Waals surface area contributed by atoms with Crippen LogP contribution in [0.3, 0.4) is 0 Å². The quantitative estimate of drug-likeness (QED) is 0.189. The molecule has 1 aromatic carbocycles. The van der Waals surface area contributed by atoms with E-state index in [-0.39, 0.29) is 24.2 Å². The molecular weight excluding hydrogens is 578 g/mol. The number of aliphatic carboxylic acids is 1. The van der Waals surface area contributed by atoms with E-state index in [1.165, 1.54) is 16.5 Å². The molecule has 0 spiro atoms. The van der Waals surface area contributed by atoms with Crippen LogP contribution in [0.2, 0.25) is 0 Å². The Morgan fingerprint density at radius 1 is 1.02 bits per heavy atom. The normalized spacial score (nSPS) is 15.3. The van der Waals surface area contributed by atoms with Crippen molar-refractivity contribution in [1.82, 2.24) is 40.2 Å². The van der Waals surface area contributed by atoms with E-state index < -0.39 is 24.0 Å². The maximum Gasteiger partial charge on any atom is 0.330 e. The van der Waals surface area contributed by atoms with Gasteiger partial charge < -0.3 is 25.8 Å². The molecule has 0 aliphatic carbocycles. The number of carboxylic acids is 1. The molecule has 0 saturated carbocycles. The predicted molar refractivity (Wildman–Crippen MR) is 161 cm³/mol. The second-order valence-corrected chi connectivity index (χ2v) is 10.5. The Labute approximate surface area is 256 Å². The van der Waals surface area contributed by atoms with Crippen molar-refractivity contribution in [1.29, 1.82) is 0 Å². The molecule has 43 heavy (non-hydrogen) atoms. The van der Waals surface area contributed by atoms with Crippen molar-refractivity contribution >= 4 is 30.3 Å². The average molecular weight is 618 g/mol. The lowest BCUT2D eigenvalue weighted by molar-refractivity contribution is -0.145. The zero-order chi connectivity index (χ0) is 30.2. The number of nitrogens with two attached hydrogens (primary N) is 1. The van der Waals surface area contributed by atoms with Gasteiger partial charge in [0.15, 0.2) is 12.1 Å². The minimum absolute atomic E-state index is 0. The number of esters is 1. The summed E-state index contributed by atoms with van der Waals surface area (Å²) in [5, 5.41) is 30.0. The Bertz CT molecular complexity index is 1390. The molecule has 1 saturated heterocycles. The van der Waals surface area contributed by atoms with Gasteiger partial charge in [-0.2, -0.15) is 0 Å². The molecule has 0 bridgehead atoms. The number of nitrogens with one attached hydrogen (secondary N) is 1. The highest BCUT2D eigenvalue weighted by molar-refractivity contribution is 5.97. The van der Waals surface area contributed by atoms with Crippen LogP contribution in [-0.2, 0) is 14.3 Å². The predicted octanol–water partition coefficient (Wildman–Crippen LogP) is 2.19. The number of ether oxygens (including phenoxy) is 1. The van der Waals surface area contributed by atoms with Crippen LogP contribution in [0.5, 0.6) is 0 Å². The molecular formula is C28H40ClN9O5. The molecule has 3 aromatic rings. The topological polar surface area (TPSA) is 183 Å². The number of benzene rings is 1. The fourth-order valence-corrected chi connectivity index (χ4v) is 5.02. The number of carbonyl (C=O) groups is 3. The van der Waals surface area contributed by atoms with Gasteiger partial charge in [0.05, 0.1) is 19.5 Å². The minimum Gasteiger partial charge on any atom is -0.480 e. The molecule has 3 atom stereocenters. The number of halogens is 1. The van der Waals surface area contributed by atoms with E-state index in [1.54, 1.807) is 35.5 Å². The number of carboxylic acid groups (broad SMARTS) is 1. The zero-order valence-corrected chi connectivity index (χ0v) is 25.5. The number of methoxy groups -OCH3 is 1.